The molecule has 2 heterocycles. The molecule has 6 heteroatoms. The lowest BCUT2D eigenvalue weighted by Crippen LogP contribution is -2.11. The number of anilines is 1. The molecule has 1 aromatic carbocycles. The number of fused-ring (bicyclic) bond motifs is 1. The van der Waals surface area contributed by atoms with Gasteiger partial charge in [0.2, 0.25) is 5.28 Å². The third-order valence-corrected chi connectivity index (χ3v) is 4.65. The summed E-state index contributed by atoms with van der Waals surface area (Å²) in [6.45, 7) is 2.10. The molecule has 0 spiro atoms. The van der Waals surface area contributed by atoms with Gasteiger partial charge in [-0.05, 0) is 36.2 Å². The Hall–Kier alpha value is -1.85. The Kier molecular flexibility index (Phi) is 3.93. The first kappa shape index (κ1) is 15.1. The summed E-state index contributed by atoms with van der Waals surface area (Å²) in [6.07, 6.45) is 0. The van der Waals surface area contributed by atoms with E-state index in [4.69, 9.17) is 16.3 Å². The van der Waals surface area contributed by atoms with Crippen LogP contribution in [0.1, 0.15) is 4.88 Å². The summed E-state index contributed by atoms with van der Waals surface area (Å²) in [5.74, 6) is 1.68. The van der Waals surface area contributed by atoms with Gasteiger partial charge in [0.05, 0.1) is 12.5 Å². The van der Waals surface area contributed by atoms with Crippen molar-refractivity contribution >= 4 is 39.0 Å². The second-order valence-electron chi connectivity index (χ2n) is 5.15. The number of aryl methyl sites for hydroxylation is 1. The van der Waals surface area contributed by atoms with Crippen LogP contribution in [0.25, 0.3) is 21.3 Å². The molecule has 3 rings (SSSR count). The van der Waals surface area contributed by atoms with Gasteiger partial charge < -0.3 is 9.64 Å². The number of methoxy groups -OCH3 is 1. The molecular weight excluding hydrogens is 318 g/mol. The molecule has 2 aromatic heterocycles. The summed E-state index contributed by atoms with van der Waals surface area (Å²) in [7, 11) is 5.59. The van der Waals surface area contributed by atoms with E-state index in [1.807, 2.05) is 31.1 Å². The highest BCUT2D eigenvalue weighted by atomic mass is 35.5. The highest BCUT2D eigenvalue weighted by Crippen LogP contribution is 2.42. The number of hydrogen-bond donors (Lipinski definition) is 0. The van der Waals surface area contributed by atoms with E-state index in [1.54, 1.807) is 18.4 Å². The van der Waals surface area contributed by atoms with E-state index in [-0.39, 0.29) is 5.28 Å². The first-order valence-electron chi connectivity index (χ1n) is 6.79. The van der Waals surface area contributed by atoms with Gasteiger partial charge in [0.15, 0.2) is 0 Å². The number of thiophene rings is 1. The van der Waals surface area contributed by atoms with Gasteiger partial charge in [0.25, 0.3) is 0 Å². The molecule has 0 aliphatic carbocycles. The SMILES string of the molecule is COc1ccc(-c2c(C)sc3nc(Cl)nc(N(C)C)c23)cc1. The molecule has 114 valence electrons. The molecule has 4 nitrogen and oxygen atoms in total. The van der Waals surface area contributed by atoms with Crippen LogP contribution in [0.2, 0.25) is 5.28 Å². The van der Waals surface area contributed by atoms with E-state index in [9.17, 15) is 0 Å². The molecule has 22 heavy (non-hydrogen) atoms. The summed E-state index contributed by atoms with van der Waals surface area (Å²) in [4.78, 5) is 12.8. The molecule has 0 radical (unpaired) electrons. The van der Waals surface area contributed by atoms with E-state index in [0.717, 1.165) is 32.9 Å². The van der Waals surface area contributed by atoms with Crippen LogP contribution in [0.3, 0.4) is 0 Å². The van der Waals surface area contributed by atoms with Crippen molar-refractivity contribution in [1.29, 1.82) is 0 Å². The molecule has 0 saturated heterocycles. The summed E-state index contributed by atoms with van der Waals surface area (Å²) in [5, 5.41) is 1.32. The van der Waals surface area contributed by atoms with E-state index in [1.165, 1.54) is 4.88 Å². The normalized spacial score (nSPS) is 11.0. The standard InChI is InChI=1S/C16H16ClN3OS/c1-9-12(10-5-7-11(21-4)8-6-10)13-14(20(2)3)18-16(17)19-15(13)22-9/h5-8H,1-4H3. The van der Waals surface area contributed by atoms with Crippen molar-refractivity contribution in [2.45, 2.75) is 6.92 Å². The minimum absolute atomic E-state index is 0.277. The fourth-order valence-corrected chi connectivity index (χ4v) is 3.75. The Morgan fingerprint density at radius 2 is 1.82 bits per heavy atom. The topological polar surface area (TPSA) is 38.3 Å². The number of halogens is 1. The molecule has 0 fully saturated rings. The molecule has 3 aromatic rings. The first-order chi connectivity index (χ1) is 10.5. The molecular formula is C16H16ClN3OS. The summed E-state index contributed by atoms with van der Waals surface area (Å²) in [6, 6.07) is 8.04. The van der Waals surface area contributed by atoms with Crippen molar-refractivity contribution in [3.05, 3.63) is 34.4 Å². The average Bonchev–Trinajstić information content (AvgIpc) is 2.82. The quantitative estimate of drug-likeness (QED) is 0.666. The highest BCUT2D eigenvalue weighted by Gasteiger charge is 2.19. The Morgan fingerprint density at radius 1 is 1.14 bits per heavy atom. The van der Waals surface area contributed by atoms with Gasteiger partial charge in [-0.3, -0.25) is 0 Å². The van der Waals surface area contributed by atoms with Crippen LogP contribution in [0.15, 0.2) is 24.3 Å². The number of rotatable bonds is 3. The number of nitrogens with zero attached hydrogens (tertiary/aromatic N) is 3. The Bertz CT molecular complexity index is 828. The average molecular weight is 334 g/mol. The Balaban J connectivity index is 2.30. The fraction of sp³-hybridized carbons (Fsp3) is 0.250. The largest absolute Gasteiger partial charge is 0.497 e. The van der Waals surface area contributed by atoms with E-state index >= 15 is 0 Å². The minimum atomic E-state index is 0.277. The van der Waals surface area contributed by atoms with Crippen LogP contribution in [0, 0.1) is 6.92 Å². The van der Waals surface area contributed by atoms with Crippen molar-refractivity contribution < 1.29 is 4.74 Å². The minimum Gasteiger partial charge on any atom is -0.497 e. The lowest BCUT2D eigenvalue weighted by atomic mass is 10.0. The summed E-state index contributed by atoms with van der Waals surface area (Å²) >= 11 is 7.69. The van der Waals surface area contributed by atoms with Crippen molar-refractivity contribution in [2.75, 3.05) is 26.1 Å². The van der Waals surface area contributed by atoms with Crippen LogP contribution >= 0.6 is 22.9 Å². The van der Waals surface area contributed by atoms with Crippen molar-refractivity contribution in [1.82, 2.24) is 9.97 Å². The zero-order valence-corrected chi connectivity index (χ0v) is 14.4. The predicted molar refractivity (Wildman–Crippen MR) is 93.5 cm³/mol. The van der Waals surface area contributed by atoms with Gasteiger partial charge in [-0.1, -0.05) is 12.1 Å². The molecule has 0 aliphatic rings. The third kappa shape index (κ3) is 2.51. The molecule has 0 bridgehead atoms. The first-order valence-corrected chi connectivity index (χ1v) is 7.99. The second-order valence-corrected chi connectivity index (χ2v) is 6.69. The highest BCUT2D eigenvalue weighted by molar-refractivity contribution is 7.19. The van der Waals surface area contributed by atoms with E-state index in [2.05, 4.69) is 29.0 Å². The van der Waals surface area contributed by atoms with Gasteiger partial charge in [-0.2, -0.15) is 4.98 Å². The molecule has 0 aliphatic heterocycles. The van der Waals surface area contributed by atoms with Crippen LogP contribution in [-0.4, -0.2) is 31.2 Å². The number of ether oxygens (including phenoxy) is 1. The van der Waals surface area contributed by atoms with Gasteiger partial charge in [0.1, 0.15) is 16.4 Å². The van der Waals surface area contributed by atoms with Gasteiger partial charge in [0, 0.05) is 24.5 Å². The maximum atomic E-state index is 6.06. The van der Waals surface area contributed by atoms with E-state index < -0.39 is 0 Å². The smallest absolute Gasteiger partial charge is 0.225 e. The van der Waals surface area contributed by atoms with Crippen molar-refractivity contribution in [3.8, 4) is 16.9 Å². The molecule has 0 saturated carbocycles. The number of hydrogen-bond acceptors (Lipinski definition) is 5. The number of aromatic nitrogens is 2. The molecule has 0 atom stereocenters. The van der Waals surface area contributed by atoms with Crippen LogP contribution in [0.4, 0.5) is 5.82 Å². The van der Waals surface area contributed by atoms with Crippen molar-refractivity contribution in [2.24, 2.45) is 0 Å². The second kappa shape index (κ2) is 5.74. The van der Waals surface area contributed by atoms with E-state index in [0.29, 0.717) is 0 Å². The zero-order valence-electron chi connectivity index (χ0n) is 12.8. The Morgan fingerprint density at radius 3 is 2.41 bits per heavy atom. The zero-order chi connectivity index (χ0) is 15.9. The third-order valence-electron chi connectivity index (χ3n) is 3.48. The van der Waals surface area contributed by atoms with Crippen LogP contribution in [-0.2, 0) is 0 Å². The lowest BCUT2D eigenvalue weighted by Gasteiger charge is -2.14. The van der Waals surface area contributed by atoms with Crippen molar-refractivity contribution in [3.63, 3.8) is 0 Å². The monoisotopic (exact) mass is 333 g/mol. The fourth-order valence-electron chi connectivity index (χ4n) is 2.50. The van der Waals surface area contributed by atoms with Crippen LogP contribution in [0.5, 0.6) is 5.75 Å². The number of benzene rings is 1. The Labute approximate surface area is 138 Å². The molecule has 0 N–H and O–H groups in total. The molecule has 0 unspecified atom stereocenters. The summed E-state index contributed by atoms with van der Waals surface area (Å²) < 4.78 is 5.23. The van der Waals surface area contributed by atoms with Gasteiger partial charge >= 0.3 is 0 Å². The maximum Gasteiger partial charge on any atom is 0.225 e. The van der Waals surface area contributed by atoms with Gasteiger partial charge in [-0.25, -0.2) is 4.98 Å². The van der Waals surface area contributed by atoms with Gasteiger partial charge in [-0.15, -0.1) is 11.3 Å². The van der Waals surface area contributed by atoms with Crippen LogP contribution < -0.4 is 9.64 Å². The predicted octanol–water partition coefficient (Wildman–Crippen LogP) is 4.39. The molecule has 0 amide bonds. The maximum absolute atomic E-state index is 6.06. The lowest BCUT2D eigenvalue weighted by molar-refractivity contribution is 0.415. The summed E-state index contributed by atoms with van der Waals surface area (Å²) in [5.41, 5.74) is 2.28.